The Hall–Kier alpha value is -0.900. The van der Waals surface area contributed by atoms with Gasteiger partial charge in [0.15, 0.2) is 0 Å². The number of aryl methyl sites for hydroxylation is 1. The van der Waals surface area contributed by atoms with Gasteiger partial charge in [-0.25, -0.2) is 0 Å². The molecule has 0 heterocycles. The van der Waals surface area contributed by atoms with Crippen LogP contribution in [0.2, 0.25) is 0 Å². The van der Waals surface area contributed by atoms with Crippen LogP contribution >= 0.6 is 0 Å². The van der Waals surface area contributed by atoms with Crippen molar-refractivity contribution in [3.63, 3.8) is 0 Å². The first-order valence-corrected chi connectivity index (χ1v) is 7.60. The van der Waals surface area contributed by atoms with Gasteiger partial charge in [-0.15, -0.1) is 0 Å². The summed E-state index contributed by atoms with van der Waals surface area (Å²) in [4.78, 5) is 4.80. The predicted octanol–water partition coefficient (Wildman–Crippen LogP) is 2.53. The summed E-state index contributed by atoms with van der Waals surface area (Å²) in [5.74, 6) is 0. The lowest BCUT2D eigenvalue weighted by Crippen LogP contribution is -2.43. The lowest BCUT2D eigenvalue weighted by atomic mass is 10.0. The largest absolute Gasteiger partial charge is 0.312 e. The standard InChI is InChI=1S/C17H31N3/c1-7-20(15(3)12-19(5)6)13-17(18-4)16-10-8-14(2)9-11-16/h8-11,15,17-18H,7,12-13H2,1-6H3. The molecule has 1 aromatic carbocycles. The monoisotopic (exact) mass is 277 g/mol. The molecule has 0 fully saturated rings. The molecule has 0 aromatic heterocycles. The second-order valence-corrected chi connectivity index (χ2v) is 5.95. The summed E-state index contributed by atoms with van der Waals surface area (Å²) < 4.78 is 0. The lowest BCUT2D eigenvalue weighted by Gasteiger charge is -2.33. The van der Waals surface area contributed by atoms with E-state index in [-0.39, 0.29) is 0 Å². The smallest absolute Gasteiger partial charge is 0.0446 e. The molecule has 2 atom stereocenters. The molecule has 0 spiro atoms. The molecule has 0 amide bonds. The Morgan fingerprint density at radius 2 is 1.70 bits per heavy atom. The first-order chi connectivity index (χ1) is 9.47. The van der Waals surface area contributed by atoms with Crippen LogP contribution in [0.4, 0.5) is 0 Å². The molecule has 1 rings (SSSR count). The quantitative estimate of drug-likeness (QED) is 0.788. The van der Waals surface area contributed by atoms with Gasteiger partial charge in [0.1, 0.15) is 0 Å². The molecule has 0 saturated heterocycles. The zero-order chi connectivity index (χ0) is 15.1. The van der Waals surface area contributed by atoms with Crippen LogP contribution in [0.5, 0.6) is 0 Å². The van der Waals surface area contributed by atoms with Crippen molar-refractivity contribution in [3.8, 4) is 0 Å². The fraction of sp³-hybridized carbons (Fsp3) is 0.647. The third-order valence-corrected chi connectivity index (χ3v) is 3.90. The van der Waals surface area contributed by atoms with Gasteiger partial charge in [0, 0.05) is 25.2 Å². The minimum atomic E-state index is 0.389. The number of nitrogens with one attached hydrogen (secondary N) is 1. The average molecular weight is 277 g/mol. The van der Waals surface area contributed by atoms with E-state index in [1.807, 2.05) is 0 Å². The molecule has 0 saturated carbocycles. The molecule has 0 radical (unpaired) electrons. The molecule has 0 aliphatic heterocycles. The first kappa shape index (κ1) is 17.2. The minimum absolute atomic E-state index is 0.389. The Morgan fingerprint density at radius 1 is 1.10 bits per heavy atom. The molecule has 1 aromatic rings. The van der Waals surface area contributed by atoms with Crippen molar-refractivity contribution in [1.29, 1.82) is 0 Å². The van der Waals surface area contributed by atoms with E-state index < -0.39 is 0 Å². The van der Waals surface area contributed by atoms with E-state index in [2.05, 4.69) is 81.3 Å². The summed E-state index contributed by atoms with van der Waals surface area (Å²) in [5.41, 5.74) is 2.69. The molecular formula is C17H31N3. The van der Waals surface area contributed by atoms with E-state index in [1.54, 1.807) is 0 Å². The second-order valence-electron chi connectivity index (χ2n) is 5.95. The number of likely N-dealkylation sites (N-methyl/N-ethyl adjacent to an activating group) is 3. The van der Waals surface area contributed by atoms with E-state index in [0.717, 1.165) is 19.6 Å². The Labute approximate surface area is 125 Å². The maximum absolute atomic E-state index is 3.46. The lowest BCUT2D eigenvalue weighted by molar-refractivity contribution is 0.166. The highest BCUT2D eigenvalue weighted by Crippen LogP contribution is 2.16. The van der Waals surface area contributed by atoms with Crippen LogP contribution in [0.15, 0.2) is 24.3 Å². The topological polar surface area (TPSA) is 18.5 Å². The summed E-state index contributed by atoms with van der Waals surface area (Å²) in [7, 11) is 6.33. The van der Waals surface area contributed by atoms with Crippen molar-refractivity contribution >= 4 is 0 Å². The zero-order valence-corrected chi connectivity index (χ0v) is 14.0. The molecule has 3 nitrogen and oxygen atoms in total. The van der Waals surface area contributed by atoms with E-state index >= 15 is 0 Å². The Kier molecular flexibility index (Phi) is 7.20. The number of benzene rings is 1. The summed E-state index contributed by atoms with van der Waals surface area (Å²) in [5, 5.41) is 3.46. The number of hydrogen-bond acceptors (Lipinski definition) is 3. The van der Waals surface area contributed by atoms with Crippen LogP contribution in [0, 0.1) is 6.92 Å². The molecule has 0 aliphatic rings. The highest BCUT2D eigenvalue weighted by Gasteiger charge is 2.18. The van der Waals surface area contributed by atoms with Gasteiger partial charge < -0.3 is 10.2 Å². The number of rotatable bonds is 8. The maximum atomic E-state index is 3.46. The molecule has 3 heteroatoms. The minimum Gasteiger partial charge on any atom is -0.312 e. The van der Waals surface area contributed by atoms with Crippen LogP contribution in [0.1, 0.15) is 31.0 Å². The van der Waals surface area contributed by atoms with Gasteiger partial charge in [-0.3, -0.25) is 4.90 Å². The van der Waals surface area contributed by atoms with Crippen LogP contribution in [0.25, 0.3) is 0 Å². The van der Waals surface area contributed by atoms with Gasteiger partial charge in [0.25, 0.3) is 0 Å². The molecule has 0 aliphatic carbocycles. The third-order valence-electron chi connectivity index (χ3n) is 3.90. The van der Waals surface area contributed by atoms with E-state index in [0.29, 0.717) is 12.1 Å². The molecule has 20 heavy (non-hydrogen) atoms. The molecule has 114 valence electrons. The van der Waals surface area contributed by atoms with Crippen molar-refractivity contribution in [2.75, 3.05) is 40.8 Å². The number of hydrogen-bond donors (Lipinski definition) is 1. The Balaban J connectivity index is 2.72. The van der Waals surface area contributed by atoms with Crippen molar-refractivity contribution < 1.29 is 0 Å². The van der Waals surface area contributed by atoms with Gasteiger partial charge in [-0.05, 0) is 47.1 Å². The Morgan fingerprint density at radius 3 is 2.15 bits per heavy atom. The van der Waals surface area contributed by atoms with Gasteiger partial charge >= 0.3 is 0 Å². The van der Waals surface area contributed by atoms with Crippen molar-refractivity contribution in [2.24, 2.45) is 0 Å². The molecule has 2 unspecified atom stereocenters. The molecule has 0 bridgehead atoms. The van der Waals surface area contributed by atoms with Gasteiger partial charge in [-0.2, -0.15) is 0 Å². The molecule has 1 N–H and O–H groups in total. The summed E-state index contributed by atoms with van der Waals surface area (Å²) in [6, 6.07) is 9.82. The van der Waals surface area contributed by atoms with Crippen LogP contribution in [0.3, 0.4) is 0 Å². The van der Waals surface area contributed by atoms with Gasteiger partial charge in [0.05, 0.1) is 0 Å². The highest BCUT2D eigenvalue weighted by atomic mass is 15.2. The Bertz CT molecular complexity index is 372. The maximum Gasteiger partial charge on any atom is 0.0446 e. The summed E-state index contributed by atoms with van der Waals surface area (Å²) >= 11 is 0. The third kappa shape index (κ3) is 5.23. The van der Waals surface area contributed by atoms with Gasteiger partial charge in [0.2, 0.25) is 0 Å². The van der Waals surface area contributed by atoms with Crippen LogP contribution in [-0.4, -0.2) is 56.6 Å². The van der Waals surface area contributed by atoms with Crippen LogP contribution in [-0.2, 0) is 0 Å². The van der Waals surface area contributed by atoms with Crippen molar-refractivity contribution in [2.45, 2.75) is 32.9 Å². The first-order valence-electron chi connectivity index (χ1n) is 7.60. The van der Waals surface area contributed by atoms with Crippen molar-refractivity contribution in [3.05, 3.63) is 35.4 Å². The number of nitrogens with zero attached hydrogens (tertiary/aromatic N) is 2. The fourth-order valence-electron chi connectivity index (χ4n) is 2.66. The van der Waals surface area contributed by atoms with E-state index in [9.17, 15) is 0 Å². The summed E-state index contributed by atoms with van der Waals surface area (Å²) in [6.07, 6.45) is 0. The summed E-state index contributed by atoms with van der Waals surface area (Å²) in [6.45, 7) is 9.91. The van der Waals surface area contributed by atoms with E-state index in [1.165, 1.54) is 11.1 Å². The van der Waals surface area contributed by atoms with E-state index in [4.69, 9.17) is 0 Å². The average Bonchev–Trinajstić information content (AvgIpc) is 2.40. The fourth-order valence-corrected chi connectivity index (χ4v) is 2.66. The SMILES string of the molecule is CCN(CC(NC)c1ccc(C)cc1)C(C)CN(C)C. The normalized spacial score (nSPS) is 14.8. The second kappa shape index (κ2) is 8.40. The predicted molar refractivity (Wildman–Crippen MR) is 88.2 cm³/mol. The molecular weight excluding hydrogens is 246 g/mol. The van der Waals surface area contributed by atoms with Crippen LogP contribution < -0.4 is 5.32 Å². The highest BCUT2D eigenvalue weighted by molar-refractivity contribution is 5.24. The zero-order valence-electron chi connectivity index (χ0n) is 14.0. The van der Waals surface area contributed by atoms with Crippen molar-refractivity contribution in [1.82, 2.24) is 15.1 Å². The van der Waals surface area contributed by atoms with Gasteiger partial charge in [-0.1, -0.05) is 36.8 Å².